The third kappa shape index (κ3) is 10.9. The molecule has 37 heavy (non-hydrogen) atoms. The van der Waals surface area contributed by atoms with Crippen molar-refractivity contribution >= 4 is 47.0 Å². The lowest BCUT2D eigenvalue weighted by atomic mass is 10.0. The Balaban J connectivity index is 2.92. The van der Waals surface area contributed by atoms with Gasteiger partial charge in [0, 0.05) is 13.3 Å². The Labute approximate surface area is 219 Å². The number of ketones is 1. The van der Waals surface area contributed by atoms with Gasteiger partial charge in [0.15, 0.2) is 5.78 Å². The Morgan fingerprint density at radius 3 is 1.92 bits per heavy atom. The van der Waals surface area contributed by atoms with E-state index in [0.29, 0.717) is 5.56 Å². The normalized spacial score (nSPS) is 14.0. The van der Waals surface area contributed by atoms with Crippen LogP contribution in [0.5, 0.6) is 5.75 Å². The summed E-state index contributed by atoms with van der Waals surface area (Å²) in [7, 11) is 0. The first-order valence-electron chi connectivity index (χ1n) is 11.5. The van der Waals surface area contributed by atoms with Crippen molar-refractivity contribution in [2.75, 3.05) is 5.88 Å². The topological polar surface area (TPSA) is 191 Å². The minimum atomic E-state index is -1.36. The maximum Gasteiger partial charge on any atom is 0.305 e. The number of carboxylic acids is 1. The van der Waals surface area contributed by atoms with Gasteiger partial charge in [0.05, 0.1) is 18.3 Å². The second-order valence-corrected chi connectivity index (χ2v) is 9.11. The number of nitrogens with one attached hydrogen (secondary N) is 4. The van der Waals surface area contributed by atoms with Crippen molar-refractivity contribution in [2.45, 2.75) is 64.7 Å². The van der Waals surface area contributed by atoms with Crippen molar-refractivity contribution < 1.29 is 39.0 Å². The molecule has 0 fully saturated rings. The zero-order chi connectivity index (χ0) is 28.3. The molecule has 0 spiro atoms. The van der Waals surface area contributed by atoms with Crippen LogP contribution in [0.4, 0.5) is 0 Å². The number of aliphatic carboxylic acids is 1. The van der Waals surface area contributed by atoms with E-state index in [-0.39, 0.29) is 12.2 Å². The van der Waals surface area contributed by atoms with E-state index in [1.807, 2.05) is 0 Å². The quantitative estimate of drug-likeness (QED) is 0.175. The SMILES string of the molecule is CC(=O)N[C@H](Cc1ccc(O)cc1)C(=O)N[C@H](C(=O)N[C@H](C)C(=O)N[C@@H](CC(=O)O)C(=O)CCl)C(C)C. The second kappa shape index (κ2) is 14.8. The summed E-state index contributed by atoms with van der Waals surface area (Å²) in [5, 5.41) is 28.2. The van der Waals surface area contributed by atoms with Gasteiger partial charge in [0.25, 0.3) is 0 Å². The molecule has 204 valence electrons. The van der Waals surface area contributed by atoms with Crippen LogP contribution in [0.1, 0.15) is 39.7 Å². The summed E-state index contributed by atoms with van der Waals surface area (Å²) < 4.78 is 0. The highest BCUT2D eigenvalue weighted by Gasteiger charge is 2.31. The molecule has 6 N–H and O–H groups in total. The lowest BCUT2D eigenvalue weighted by Crippen LogP contribution is -2.58. The van der Waals surface area contributed by atoms with E-state index in [1.54, 1.807) is 26.0 Å². The van der Waals surface area contributed by atoms with Crippen LogP contribution in [0.3, 0.4) is 0 Å². The molecule has 1 rings (SSSR count). The van der Waals surface area contributed by atoms with Crippen LogP contribution in [-0.4, -0.2) is 75.6 Å². The lowest BCUT2D eigenvalue weighted by molar-refractivity contribution is -0.140. The summed E-state index contributed by atoms with van der Waals surface area (Å²) >= 11 is 5.48. The molecule has 0 aliphatic rings. The van der Waals surface area contributed by atoms with E-state index in [9.17, 15) is 33.9 Å². The number of halogens is 1. The highest BCUT2D eigenvalue weighted by atomic mass is 35.5. The molecule has 13 heteroatoms. The number of carbonyl (C=O) groups is 6. The molecule has 0 bridgehead atoms. The summed E-state index contributed by atoms with van der Waals surface area (Å²) in [6.07, 6.45) is -0.579. The van der Waals surface area contributed by atoms with E-state index < -0.39 is 77.8 Å². The first-order valence-corrected chi connectivity index (χ1v) is 12.0. The molecule has 0 aliphatic heterocycles. The molecule has 0 aliphatic carbocycles. The Kier molecular flexibility index (Phi) is 12.5. The molecule has 0 heterocycles. The van der Waals surface area contributed by atoms with Crippen LogP contribution in [0, 0.1) is 5.92 Å². The summed E-state index contributed by atoms with van der Waals surface area (Å²) in [5.41, 5.74) is 0.657. The van der Waals surface area contributed by atoms with Crippen molar-refractivity contribution in [1.29, 1.82) is 0 Å². The number of Topliss-reactive ketones (excluding diaryl/α,β-unsaturated/α-hetero) is 1. The van der Waals surface area contributed by atoms with Crippen LogP contribution in [0.15, 0.2) is 24.3 Å². The van der Waals surface area contributed by atoms with E-state index >= 15 is 0 Å². The van der Waals surface area contributed by atoms with Gasteiger partial charge in [-0.15, -0.1) is 11.6 Å². The molecule has 0 aromatic heterocycles. The first kappa shape index (κ1) is 31.4. The number of carboxylic acid groups (broad SMARTS) is 1. The van der Waals surface area contributed by atoms with Crippen LogP contribution >= 0.6 is 11.6 Å². The maximum atomic E-state index is 13.0. The Morgan fingerprint density at radius 2 is 1.43 bits per heavy atom. The van der Waals surface area contributed by atoms with Gasteiger partial charge in [-0.2, -0.15) is 0 Å². The average molecular weight is 541 g/mol. The minimum absolute atomic E-state index is 0.0419. The standard InChI is InChI=1S/C24H33ClN4O8/c1-12(2)21(24(37)26-13(3)22(35)28-17(10-20(33)34)19(32)11-25)29-23(36)18(27-14(4)30)9-15-5-7-16(31)8-6-15/h5-8,12-13,17-18,21,31H,9-11H2,1-4H3,(H,26,37)(H,27,30)(H,28,35)(H,29,36)(H,33,34)/t13-,17+,18-,21+/m1/s1. The van der Waals surface area contributed by atoms with Gasteiger partial charge in [0.2, 0.25) is 23.6 Å². The monoisotopic (exact) mass is 540 g/mol. The van der Waals surface area contributed by atoms with Crippen molar-refractivity contribution in [3.05, 3.63) is 29.8 Å². The fourth-order valence-electron chi connectivity index (χ4n) is 3.29. The van der Waals surface area contributed by atoms with Crippen LogP contribution in [0.2, 0.25) is 0 Å². The largest absolute Gasteiger partial charge is 0.508 e. The Hall–Kier alpha value is -3.67. The summed E-state index contributed by atoms with van der Waals surface area (Å²) in [6.45, 7) is 5.92. The highest BCUT2D eigenvalue weighted by molar-refractivity contribution is 6.28. The summed E-state index contributed by atoms with van der Waals surface area (Å²) in [4.78, 5) is 72.9. The number of alkyl halides is 1. The summed E-state index contributed by atoms with van der Waals surface area (Å²) in [6, 6.07) is 1.43. The predicted octanol–water partition coefficient (Wildman–Crippen LogP) is -0.148. The number of benzene rings is 1. The van der Waals surface area contributed by atoms with Gasteiger partial charge in [-0.1, -0.05) is 26.0 Å². The lowest BCUT2D eigenvalue weighted by Gasteiger charge is -2.27. The molecule has 0 saturated carbocycles. The zero-order valence-electron chi connectivity index (χ0n) is 21.0. The number of hydrogen-bond acceptors (Lipinski definition) is 7. The van der Waals surface area contributed by atoms with Gasteiger partial charge in [-0.3, -0.25) is 28.8 Å². The van der Waals surface area contributed by atoms with Gasteiger partial charge in [-0.25, -0.2) is 0 Å². The molecular weight excluding hydrogens is 508 g/mol. The number of amides is 4. The first-order chi connectivity index (χ1) is 17.2. The van der Waals surface area contributed by atoms with E-state index in [1.165, 1.54) is 26.0 Å². The van der Waals surface area contributed by atoms with Crippen LogP contribution in [0.25, 0.3) is 0 Å². The fourth-order valence-corrected chi connectivity index (χ4v) is 3.48. The van der Waals surface area contributed by atoms with E-state index in [0.717, 1.165) is 0 Å². The summed E-state index contributed by atoms with van der Waals surface area (Å²) in [5.74, 6) is -5.49. The van der Waals surface area contributed by atoms with Crippen LogP contribution < -0.4 is 21.3 Å². The molecular formula is C24H33ClN4O8. The van der Waals surface area contributed by atoms with Gasteiger partial charge in [0.1, 0.15) is 23.9 Å². The number of carbonyl (C=O) groups excluding carboxylic acids is 5. The van der Waals surface area contributed by atoms with Gasteiger partial charge < -0.3 is 31.5 Å². The van der Waals surface area contributed by atoms with E-state index in [2.05, 4.69) is 21.3 Å². The van der Waals surface area contributed by atoms with Gasteiger partial charge in [-0.05, 0) is 30.5 Å². The molecule has 1 aromatic carbocycles. The highest BCUT2D eigenvalue weighted by Crippen LogP contribution is 2.12. The minimum Gasteiger partial charge on any atom is -0.508 e. The number of phenolic OH excluding ortho intramolecular Hbond substituents is 1. The number of phenols is 1. The molecule has 12 nitrogen and oxygen atoms in total. The Bertz CT molecular complexity index is 999. The number of hydrogen-bond donors (Lipinski definition) is 6. The third-order valence-electron chi connectivity index (χ3n) is 5.28. The molecule has 1 aromatic rings. The molecule has 4 amide bonds. The number of rotatable bonds is 14. The van der Waals surface area contributed by atoms with Crippen molar-refractivity contribution in [3.8, 4) is 5.75 Å². The Morgan fingerprint density at radius 1 is 0.838 bits per heavy atom. The second-order valence-electron chi connectivity index (χ2n) is 8.84. The molecule has 0 radical (unpaired) electrons. The fraction of sp³-hybridized carbons (Fsp3) is 0.500. The smallest absolute Gasteiger partial charge is 0.305 e. The number of aromatic hydroxyl groups is 1. The molecule has 0 unspecified atom stereocenters. The van der Waals surface area contributed by atoms with Gasteiger partial charge >= 0.3 is 5.97 Å². The average Bonchev–Trinajstić information content (AvgIpc) is 2.81. The zero-order valence-corrected chi connectivity index (χ0v) is 21.8. The molecule has 4 atom stereocenters. The van der Waals surface area contributed by atoms with E-state index in [4.69, 9.17) is 16.7 Å². The van der Waals surface area contributed by atoms with Crippen molar-refractivity contribution in [2.24, 2.45) is 5.92 Å². The van der Waals surface area contributed by atoms with Crippen LogP contribution in [-0.2, 0) is 35.2 Å². The predicted molar refractivity (Wildman–Crippen MR) is 134 cm³/mol. The third-order valence-corrected chi connectivity index (χ3v) is 5.55. The maximum absolute atomic E-state index is 13.0. The van der Waals surface area contributed by atoms with Crippen molar-refractivity contribution in [3.63, 3.8) is 0 Å². The molecule has 0 saturated heterocycles. The van der Waals surface area contributed by atoms with Crippen molar-refractivity contribution in [1.82, 2.24) is 21.3 Å².